The molecule has 5 nitrogen and oxygen atoms in total. The number of hydrogen-bond donors (Lipinski definition) is 0. The van der Waals surface area contributed by atoms with Crippen molar-refractivity contribution in [2.24, 2.45) is 0 Å². The highest BCUT2D eigenvalue weighted by atomic mass is 32.2. The van der Waals surface area contributed by atoms with Crippen LogP contribution < -0.4 is 0 Å². The third-order valence-electron chi connectivity index (χ3n) is 5.50. The maximum atomic E-state index is 13.0. The van der Waals surface area contributed by atoms with Crippen molar-refractivity contribution in [3.05, 3.63) is 42.0 Å². The van der Waals surface area contributed by atoms with Gasteiger partial charge in [0.25, 0.3) is 10.2 Å². The van der Waals surface area contributed by atoms with Gasteiger partial charge in [-0.25, -0.2) is 0 Å². The standard InChI is InChI=1S/C21H33N3O2S/c1-2-10-21(20-11-5-3-6-12-20)19-22-13-9-16-24(18-17-22)27(25,26)23-14-7-4-8-15-23/h3,5-6,10-12H,2,4,7-9,13-19H2,1H3/b21-10-. The van der Waals surface area contributed by atoms with E-state index in [0.717, 1.165) is 51.7 Å². The first kappa shape index (κ1) is 20.5. The van der Waals surface area contributed by atoms with Gasteiger partial charge in [-0.3, -0.25) is 4.90 Å². The van der Waals surface area contributed by atoms with Crippen molar-refractivity contribution in [3.63, 3.8) is 0 Å². The molecule has 0 aliphatic carbocycles. The summed E-state index contributed by atoms with van der Waals surface area (Å²) in [6.45, 7) is 7.37. The fourth-order valence-corrected chi connectivity index (χ4v) is 5.73. The van der Waals surface area contributed by atoms with Crippen LogP contribution >= 0.6 is 0 Å². The van der Waals surface area contributed by atoms with Gasteiger partial charge in [0.15, 0.2) is 0 Å². The first-order valence-corrected chi connectivity index (χ1v) is 11.7. The highest BCUT2D eigenvalue weighted by Gasteiger charge is 2.31. The fourth-order valence-electron chi connectivity index (χ4n) is 4.01. The van der Waals surface area contributed by atoms with E-state index in [1.165, 1.54) is 11.1 Å². The molecule has 27 heavy (non-hydrogen) atoms. The van der Waals surface area contributed by atoms with Crippen molar-refractivity contribution >= 4 is 15.8 Å². The lowest BCUT2D eigenvalue weighted by molar-refractivity contribution is 0.295. The van der Waals surface area contributed by atoms with Gasteiger partial charge in [-0.15, -0.1) is 0 Å². The van der Waals surface area contributed by atoms with Gasteiger partial charge in [-0.1, -0.05) is 49.8 Å². The average Bonchev–Trinajstić information content (AvgIpc) is 2.95. The second-order valence-corrected chi connectivity index (χ2v) is 9.43. The largest absolute Gasteiger partial charge is 0.298 e. The van der Waals surface area contributed by atoms with Gasteiger partial charge in [0, 0.05) is 39.3 Å². The molecule has 0 N–H and O–H groups in total. The lowest BCUT2D eigenvalue weighted by Crippen LogP contribution is -2.47. The second kappa shape index (κ2) is 9.82. The maximum Gasteiger partial charge on any atom is 0.282 e. The normalized spacial score (nSPS) is 21.9. The lowest BCUT2D eigenvalue weighted by atomic mass is 10.0. The van der Waals surface area contributed by atoms with Gasteiger partial charge in [-0.2, -0.15) is 17.0 Å². The molecule has 0 saturated carbocycles. The molecule has 1 aromatic rings. The van der Waals surface area contributed by atoms with E-state index in [1.807, 2.05) is 6.07 Å². The number of allylic oxidation sites excluding steroid dienone is 1. The van der Waals surface area contributed by atoms with Crippen LogP contribution in [0, 0.1) is 0 Å². The van der Waals surface area contributed by atoms with Crippen molar-refractivity contribution in [2.75, 3.05) is 45.8 Å². The molecular weight excluding hydrogens is 358 g/mol. The Morgan fingerprint density at radius 1 is 0.889 bits per heavy atom. The fraction of sp³-hybridized carbons (Fsp3) is 0.619. The second-order valence-electron chi connectivity index (χ2n) is 7.50. The van der Waals surface area contributed by atoms with Crippen molar-refractivity contribution in [1.82, 2.24) is 13.5 Å². The number of rotatable bonds is 6. The van der Waals surface area contributed by atoms with Crippen LogP contribution in [0.5, 0.6) is 0 Å². The van der Waals surface area contributed by atoms with Gasteiger partial charge in [0.05, 0.1) is 0 Å². The van der Waals surface area contributed by atoms with Gasteiger partial charge in [0.1, 0.15) is 0 Å². The topological polar surface area (TPSA) is 43.9 Å². The molecule has 0 unspecified atom stereocenters. The predicted octanol–water partition coefficient (Wildman–Crippen LogP) is 3.22. The first-order valence-electron chi connectivity index (χ1n) is 10.3. The SMILES string of the molecule is CC/C=C(/CN1CCCN(S(=O)(=O)N2CCCCC2)CC1)c1ccccc1. The zero-order valence-electron chi connectivity index (χ0n) is 16.5. The molecule has 0 amide bonds. The summed E-state index contributed by atoms with van der Waals surface area (Å²) < 4.78 is 29.3. The van der Waals surface area contributed by atoms with E-state index in [4.69, 9.17) is 0 Å². The van der Waals surface area contributed by atoms with E-state index >= 15 is 0 Å². The predicted molar refractivity (Wildman–Crippen MR) is 112 cm³/mol. The van der Waals surface area contributed by atoms with Crippen LogP contribution in [0.2, 0.25) is 0 Å². The van der Waals surface area contributed by atoms with Crippen LogP contribution in [0.3, 0.4) is 0 Å². The van der Waals surface area contributed by atoms with Crippen LogP contribution in [0.25, 0.3) is 5.57 Å². The van der Waals surface area contributed by atoms with Crippen LogP contribution in [0.1, 0.15) is 44.6 Å². The molecule has 2 fully saturated rings. The van der Waals surface area contributed by atoms with E-state index in [1.54, 1.807) is 8.61 Å². The average molecular weight is 392 g/mol. The molecule has 2 heterocycles. The minimum Gasteiger partial charge on any atom is -0.298 e. The monoisotopic (exact) mass is 391 g/mol. The van der Waals surface area contributed by atoms with Crippen molar-refractivity contribution in [2.45, 2.75) is 39.0 Å². The van der Waals surface area contributed by atoms with Crippen molar-refractivity contribution in [3.8, 4) is 0 Å². The van der Waals surface area contributed by atoms with E-state index in [0.29, 0.717) is 26.2 Å². The van der Waals surface area contributed by atoms with Crippen molar-refractivity contribution in [1.29, 1.82) is 0 Å². The molecule has 2 saturated heterocycles. The molecule has 0 atom stereocenters. The Kier molecular flexibility index (Phi) is 7.47. The van der Waals surface area contributed by atoms with Gasteiger partial charge in [0.2, 0.25) is 0 Å². The molecule has 0 bridgehead atoms. The molecule has 2 aliphatic heterocycles. The van der Waals surface area contributed by atoms with E-state index < -0.39 is 10.2 Å². The summed E-state index contributed by atoms with van der Waals surface area (Å²) >= 11 is 0. The maximum absolute atomic E-state index is 13.0. The Morgan fingerprint density at radius 3 is 2.26 bits per heavy atom. The summed E-state index contributed by atoms with van der Waals surface area (Å²) in [6.07, 6.45) is 7.31. The number of piperidine rings is 1. The third kappa shape index (κ3) is 5.41. The highest BCUT2D eigenvalue weighted by molar-refractivity contribution is 7.86. The Labute approximate surface area is 164 Å². The zero-order valence-corrected chi connectivity index (χ0v) is 17.3. The van der Waals surface area contributed by atoms with E-state index in [-0.39, 0.29) is 0 Å². The quantitative estimate of drug-likeness (QED) is 0.748. The molecule has 0 aromatic heterocycles. The minimum absolute atomic E-state index is 0.590. The number of benzene rings is 1. The summed E-state index contributed by atoms with van der Waals surface area (Å²) in [7, 11) is -3.30. The van der Waals surface area contributed by atoms with Crippen LogP contribution in [0.4, 0.5) is 0 Å². The molecule has 1 aromatic carbocycles. The van der Waals surface area contributed by atoms with Crippen LogP contribution in [-0.4, -0.2) is 67.7 Å². The van der Waals surface area contributed by atoms with Crippen molar-refractivity contribution < 1.29 is 8.42 Å². The third-order valence-corrected chi connectivity index (χ3v) is 7.54. The molecule has 0 radical (unpaired) electrons. The van der Waals surface area contributed by atoms with Crippen LogP contribution in [-0.2, 0) is 10.2 Å². The Hall–Kier alpha value is -1.21. The Morgan fingerprint density at radius 2 is 1.56 bits per heavy atom. The molecule has 0 spiro atoms. The number of hydrogen-bond acceptors (Lipinski definition) is 3. The highest BCUT2D eigenvalue weighted by Crippen LogP contribution is 2.20. The Bertz CT molecular complexity index is 712. The lowest BCUT2D eigenvalue weighted by Gasteiger charge is -2.31. The molecular formula is C21H33N3O2S. The zero-order chi connectivity index (χ0) is 19.1. The van der Waals surface area contributed by atoms with Gasteiger partial charge >= 0.3 is 0 Å². The smallest absolute Gasteiger partial charge is 0.282 e. The summed E-state index contributed by atoms with van der Waals surface area (Å²) in [5.74, 6) is 0. The van der Waals surface area contributed by atoms with Gasteiger partial charge < -0.3 is 0 Å². The summed E-state index contributed by atoms with van der Waals surface area (Å²) in [4.78, 5) is 2.40. The van der Waals surface area contributed by atoms with E-state index in [9.17, 15) is 8.42 Å². The minimum atomic E-state index is -3.30. The molecule has 150 valence electrons. The summed E-state index contributed by atoms with van der Waals surface area (Å²) in [5, 5.41) is 0. The number of nitrogens with zero attached hydrogens (tertiary/aromatic N) is 3. The van der Waals surface area contributed by atoms with Gasteiger partial charge in [-0.05, 0) is 43.4 Å². The molecule has 3 rings (SSSR count). The first-order chi connectivity index (χ1) is 13.1. The summed E-state index contributed by atoms with van der Waals surface area (Å²) in [6, 6.07) is 10.5. The summed E-state index contributed by atoms with van der Waals surface area (Å²) in [5.41, 5.74) is 2.60. The molecule has 6 heteroatoms. The Balaban J connectivity index is 1.63. The van der Waals surface area contributed by atoms with E-state index in [2.05, 4.69) is 42.2 Å². The molecule has 2 aliphatic rings. The van der Waals surface area contributed by atoms with Crippen LogP contribution in [0.15, 0.2) is 36.4 Å².